The van der Waals surface area contributed by atoms with Crippen LogP contribution in [0.5, 0.6) is 11.5 Å². The van der Waals surface area contributed by atoms with Crippen LogP contribution in [0.2, 0.25) is 5.02 Å². The van der Waals surface area contributed by atoms with E-state index in [1.165, 1.54) is 0 Å². The van der Waals surface area contributed by atoms with E-state index in [2.05, 4.69) is 0 Å². The van der Waals surface area contributed by atoms with Crippen molar-refractivity contribution in [2.75, 3.05) is 32.2 Å². The molecule has 1 atom stereocenters. The van der Waals surface area contributed by atoms with E-state index in [1.807, 2.05) is 0 Å². The van der Waals surface area contributed by atoms with Gasteiger partial charge in [0.2, 0.25) is 5.91 Å². The van der Waals surface area contributed by atoms with Crippen LogP contribution in [0.3, 0.4) is 0 Å². The molecular weight excluding hydrogens is 368 g/mol. The lowest BCUT2D eigenvalue weighted by atomic mass is 10.1. The van der Waals surface area contributed by atoms with Crippen LogP contribution in [0.25, 0.3) is 0 Å². The molecule has 6 nitrogen and oxygen atoms in total. The zero-order chi connectivity index (χ0) is 19.6. The van der Waals surface area contributed by atoms with Crippen LogP contribution in [0.15, 0.2) is 42.5 Å². The molecule has 0 bridgehead atoms. The number of carbonyl (C=O) groups excluding carboxylic acids is 2. The van der Waals surface area contributed by atoms with Gasteiger partial charge >= 0.3 is 0 Å². The summed E-state index contributed by atoms with van der Waals surface area (Å²) in [6.45, 7) is 2.51. The lowest BCUT2D eigenvalue weighted by Crippen LogP contribution is -2.57. The smallest absolute Gasteiger partial charge is 0.254 e. The van der Waals surface area contributed by atoms with Gasteiger partial charge in [-0.25, -0.2) is 0 Å². The summed E-state index contributed by atoms with van der Waals surface area (Å²) in [5.74, 6) is 0.815. The first-order chi connectivity index (χ1) is 13.0. The number of hydrogen-bond acceptors (Lipinski definition) is 4. The highest BCUT2D eigenvalue weighted by atomic mass is 35.5. The number of methoxy groups -OCH3 is 2. The Morgan fingerprint density at radius 3 is 2.56 bits per heavy atom. The van der Waals surface area contributed by atoms with Crippen molar-refractivity contribution in [3.63, 3.8) is 0 Å². The zero-order valence-electron chi connectivity index (χ0n) is 15.4. The first kappa shape index (κ1) is 19.0. The minimum Gasteiger partial charge on any atom is -0.497 e. The number of amides is 2. The fourth-order valence-electron chi connectivity index (χ4n) is 3.18. The minimum absolute atomic E-state index is 0.167. The van der Waals surface area contributed by atoms with E-state index < -0.39 is 6.04 Å². The van der Waals surface area contributed by atoms with Gasteiger partial charge in [-0.2, -0.15) is 0 Å². The van der Waals surface area contributed by atoms with E-state index in [0.717, 1.165) is 0 Å². The zero-order valence-corrected chi connectivity index (χ0v) is 16.2. The second-order valence-corrected chi connectivity index (χ2v) is 6.65. The standard InChI is InChI=1S/C20H21ClN2O4/c1-13-19(24)23(17-8-7-16(26-2)12-18(17)27-3)10-9-22(13)20(25)14-5-4-6-15(21)11-14/h4-8,11-13H,9-10H2,1-3H3. The molecule has 3 rings (SSSR count). The van der Waals surface area contributed by atoms with Crippen LogP contribution in [-0.4, -0.2) is 50.1 Å². The highest BCUT2D eigenvalue weighted by Crippen LogP contribution is 2.34. The number of nitrogens with zero attached hydrogens (tertiary/aromatic N) is 2. The first-order valence-corrected chi connectivity index (χ1v) is 8.94. The summed E-state index contributed by atoms with van der Waals surface area (Å²) in [7, 11) is 3.12. The third kappa shape index (κ3) is 3.71. The number of halogens is 1. The molecule has 2 aromatic carbocycles. The van der Waals surface area contributed by atoms with Crippen molar-refractivity contribution in [2.45, 2.75) is 13.0 Å². The molecule has 2 aromatic rings. The summed E-state index contributed by atoms with van der Waals surface area (Å²) in [5.41, 5.74) is 1.13. The molecule has 142 valence electrons. The van der Waals surface area contributed by atoms with Gasteiger partial charge in [-0.1, -0.05) is 17.7 Å². The summed E-state index contributed by atoms with van der Waals surface area (Å²) in [6.07, 6.45) is 0. The van der Waals surface area contributed by atoms with Gasteiger partial charge in [0.15, 0.2) is 0 Å². The Morgan fingerprint density at radius 2 is 1.89 bits per heavy atom. The molecule has 1 unspecified atom stereocenters. The van der Waals surface area contributed by atoms with Gasteiger partial charge in [0, 0.05) is 29.7 Å². The van der Waals surface area contributed by atoms with E-state index in [4.69, 9.17) is 21.1 Å². The Bertz CT molecular complexity index is 871. The van der Waals surface area contributed by atoms with Crippen molar-refractivity contribution in [1.29, 1.82) is 0 Å². The van der Waals surface area contributed by atoms with Crippen molar-refractivity contribution in [3.8, 4) is 11.5 Å². The van der Waals surface area contributed by atoms with Crippen molar-refractivity contribution >= 4 is 29.1 Å². The summed E-state index contributed by atoms with van der Waals surface area (Å²) in [4.78, 5) is 29.0. The Balaban J connectivity index is 1.84. The van der Waals surface area contributed by atoms with Crippen LogP contribution in [-0.2, 0) is 4.79 Å². The monoisotopic (exact) mass is 388 g/mol. The summed E-state index contributed by atoms with van der Waals surface area (Å²) in [6, 6.07) is 11.4. The summed E-state index contributed by atoms with van der Waals surface area (Å²) in [5, 5.41) is 0.487. The number of hydrogen-bond donors (Lipinski definition) is 0. The second kappa shape index (κ2) is 7.88. The number of carbonyl (C=O) groups is 2. The van der Waals surface area contributed by atoms with Crippen molar-refractivity contribution in [2.24, 2.45) is 0 Å². The van der Waals surface area contributed by atoms with Crippen LogP contribution in [0.4, 0.5) is 5.69 Å². The number of ether oxygens (including phenoxy) is 2. The highest BCUT2D eigenvalue weighted by Gasteiger charge is 2.36. The number of anilines is 1. The van der Waals surface area contributed by atoms with Crippen molar-refractivity contribution in [1.82, 2.24) is 4.90 Å². The van der Waals surface area contributed by atoms with Gasteiger partial charge in [-0.3, -0.25) is 9.59 Å². The van der Waals surface area contributed by atoms with Crippen LogP contribution in [0.1, 0.15) is 17.3 Å². The van der Waals surface area contributed by atoms with E-state index >= 15 is 0 Å². The topological polar surface area (TPSA) is 59.1 Å². The predicted molar refractivity (Wildman–Crippen MR) is 104 cm³/mol. The molecule has 27 heavy (non-hydrogen) atoms. The van der Waals surface area contributed by atoms with Crippen LogP contribution >= 0.6 is 11.6 Å². The number of piperazine rings is 1. The summed E-state index contributed by atoms with van der Waals surface area (Å²) < 4.78 is 10.6. The molecule has 0 spiro atoms. The average Bonchev–Trinajstić information content (AvgIpc) is 2.69. The third-order valence-corrected chi connectivity index (χ3v) is 4.90. The van der Waals surface area contributed by atoms with E-state index in [0.29, 0.717) is 40.9 Å². The first-order valence-electron chi connectivity index (χ1n) is 8.56. The fourth-order valence-corrected chi connectivity index (χ4v) is 3.37. The summed E-state index contributed by atoms with van der Waals surface area (Å²) >= 11 is 5.98. The van der Waals surface area contributed by atoms with Gasteiger partial charge in [0.25, 0.3) is 5.91 Å². The Hall–Kier alpha value is -2.73. The molecule has 0 saturated carbocycles. The maximum atomic E-state index is 13.0. The van der Waals surface area contributed by atoms with Crippen LogP contribution in [0, 0.1) is 0 Å². The Kier molecular flexibility index (Phi) is 5.56. The highest BCUT2D eigenvalue weighted by molar-refractivity contribution is 6.31. The molecule has 7 heteroatoms. The molecule has 0 radical (unpaired) electrons. The largest absolute Gasteiger partial charge is 0.497 e. The minimum atomic E-state index is -0.600. The van der Waals surface area contributed by atoms with Gasteiger partial charge in [-0.05, 0) is 37.3 Å². The predicted octanol–water partition coefficient (Wildman–Crippen LogP) is 3.23. The molecule has 0 aromatic heterocycles. The van der Waals surface area contributed by atoms with Gasteiger partial charge < -0.3 is 19.3 Å². The lowest BCUT2D eigenvalue weighted by molar-refractivity contribution is -0.124. The maximum absolute atomic E-state index is 13.0. The quantitative estimate of drug-likeness (QED) is 0.806. The van der Waals surface area contributed by atoms with E-state index in [-0.39, 0.29) is 11.8 Å². The van der Waals surface area contributed by atoms with Gasteiger partial charge in [-0.15, -0.1) is 0 Å². The van der Waals surface area contributed by atoms with E-state index in [9.17, 15) is 9.59 Å². The van der Waals surface area contributed by atoms with Gasteiger partial charge in [0.05, 0.1) is 19.9 Å². The molecule has 1 fully saturated rings. The Labute approximate surface area is 163 Å². The fraction of sp³-hybridized carbons (Fsp3) is 0.300. The normalized spacial score (nSPS) is 17.0. The molecule has 0 aliphatic carbocycles. The second-order valence-electron chi connectivity index (χ2n) is 6.21. The number of benzene rings is 2. The average molecular weight is 389 g/mol. The SMILES string of the molecule is COc1ccc(N2CCN(C(=O)c3cccc(Cl)c3)C(C)C2=O)c(OC)c1. The van der Waals surface area contributed by atoms with E-state index in [1.54, 1.807) is 73.4 Å². The van der Waals surface area contributed by atoms with Crippen molar-refractivity contribution in [3.05, 3.63) is 53.1 Å². The third-order valence-electron chi connectivity index (χ3n) is 4.67. The maximum Gasteiger partial charge on any atom is 0.254 e. The number of rotatable bonds is 4. The molecule has 1 aliphatic rings. The van der Waals surface area contributed by atoms with Gasteiger partial charge in [0.1, 0.15) is 17.5 Å². The van der Waals surface area contributed by atoms with Crippen molar-refractivity contribution < 1.29 is 19.1 Å². The van der Waals surface area contributed by atoms with Crippen LogP contribution < -0.4 is 14.4 Å². The molecule has 0 N–H and O–H groups in total. The lowest BCUT2D eigenvalue weighted by Gasteiger charge is -2.39. The molecule has 1 saturated heterocycles. The molecule has 1 aliphatic heterocycles. The molecule has 1 heterocycles. The molecular formula is C20H21ClN2O4. The molecule has 2 amide bonds. The Morgan fingerprint density at radius 1 is 1.11 bits per heavy atom.